The molecule has 3 aromatic rings. The molecule has 1 aliphatic rings. The average molecular weight is 459 g/mol. The molecular weight excluding hydrogens is 435 g/mol. The molecule has 0 saturated heterocycles. The van der Waals surface area contributed by atoms with Crippen LogP contribution in [0.5, 0.6) is 0 Å². The number of amides is 1. The van der Waals surface area contributed by atoms with Crippen LogP contribution in [-0.2, 0) is 5.41 Å². The maximum Gasteiger partial charge on any atom is 0.280 e. The summed E-state index contributed by atoms with van der Waals surface area (Å²) in [6.45, 7) is 0.0152. The lowest BCUT2D eigenvalue weighted by Crippen LogP contribution is -2.42. The minimum atomic E-state index is -1.02. The van der Waals surface area contributed by atoms with Gasteiger partial charge in [0.05, 0.1) is 18.4 Å². The van der Waals surface area contributed by atoms with Crippen molar-refractivity contribution in [2.24, 2.45) is 0 Å². The molecule has 4 N–H and O–H groups in total. The molecule has 9 nitrogen and oxygen atoms in total. The Balaban J connectivity index is 1.38. The number of rotatable bonds is 9. The van der Waals surface area contributed by atoms with E-state index in [1.807, 2.05) is 0 Å². The second kappa shape index (κ2) is 9.63. The molecule has 1 saturated carbocycles. The molecule has 1 atom stereocenters. The molecule has 1 aliphatic carbocycles. The maximum atomic E-state index is 14.3. The molecule has 3 aromatic heterocycles. The van der Waals surface area contributed by atoms with Crippen molar-refractivity contribution in [3.8, 4) is 11.4 Å². The van der Waals surface area contributed by atoms with Gasteiger partial charge in [0.1, 0.15) is 23.0 Å². The summed E-state index contributed by atoms with van der Waals surface area (Å²) in [5.74, 6) is -0.167. The number of thiazole rings is 1. The number of hydrogen-bond donors (Lipinski definition) is 4. The molecule has 32 heavy (non-hydrogen) atoms. The Kier molecular flexibility index (Phi) is 6.68. The number of aliphatic hydroxyl groups is 2. The standard InChI is InChI=1S/C21H23FN6O3S/c22-14-3-1-8-23-18(14)21(6-2-7-21)12-25-17-5-4-15(27-28-17)16-11-32-20(26-16)19(31)24-9-13(30)10-29/h1,3-5,8,11,13,29-30H,2,6-7,9-10,12H2,(H,24,31)(H,25,28)/t13-/m0/s1. The van der Waals surface area contributed by atoms with Gasteiger partial charge in [-0.15, -0.1) is 21.5 Å². The Morgan fingerprint density at radius 2 is 2.09 bits per heavy atom. The molecule has 0 bridgehead atoms. The number of pyridine rings is 1. The number of anilines is 1. The molecule has 0 spiro atoms. The van der Waals surface area contributed by atoms with E-state index in [-0.39, 0.29) is 22.8 Å². The van der Waals surface area contributed by atoms with E-state index in [2.05, 4.69) is 30.8 Å². The van der Waals surface area contributed by atoms with E-state index < -0.39 is 18.6 Å². The summed E-state index contributed by atoms with van der Waals surface area (Å²) < 4.78 is 14.3. The largest absolute Gasteiger partial charge is 0.394 e. The van der Waals surface area contributed by atoms with Crippen LogP contribution in [0.3, 0.4) is 0 Å². The fourth-order valence-corrected chi connectivity index (χ4v) is 4.27. The summed E-state index contributed by atoms with van der Waals surface area (Å²) in [4.78, 5) is 20.6. The van der Waals surface area contributed by atoms with Crippen molar-refractivity contribution < 1.29 is 19.4 Å². The quantitative estimate of drug-likeness (QED) is 0.381. The van der Waals surface area contributed by atoms with E-state index in [1.54, 1.807) is 29.8 Å². The third-order valence-electron chi connectivity index (χ3n) is 5.51. The number of carbonyl (C=O) groups is 1. The number of nitrogens with one attached hydrogen (secondary N) is 2. The zero-order valence-corrected chi connectivity index (χ0v) is 18.0. The fourth-order valence-electron chi connectivity index (χ4n) is 3.55. The molecule has 11 heteroatoms. The van der Waals surface area contributed by atoms with E-state index >= 15 is 0 Å². The summed E-state index contributed by atoms with van der Waals surface area (Å²) in [7, 11) is 0. The van der Waals surface area contributed by atoms with Gasteiger partial charge in [0.2, 0.25) is 0 Å². The van der Waals surface area contributed by atoms with Crippen molar-refractivity contribution in [3.05, 3.63) is 52.4 Å². The predicted octanol–water partition coefficient (Wildman–Crippen LogP) is 1.75. The second-order valence-electron chi connectivity index (χ2n) is 7.71. The van der Waals surface area contributed by atoms with Gasteiger partial charge in [0.25, 0.3) is 5.91 Å². The molecule has 3 heterocycles. The molecule has 0 radical (unpaired) electrons. The normalized spacial score (nSPS) is 15.6. The monoisotopic (exact) mass is 458 g/mol. The van der Waals surface area contributed by atoms with Gasteiger partial charge in [-0.05, 0) is 37.1 Å². The first-order chi connectivity index (χ1) is 15.5. The van der Waals surface area contributed by atoms with Crippen LogP contribution in [0.2, 0.25) is 0 Å². The Bertz CT molecular complexity index is 1070. The van der Waals surface area contributed by atoms with Gasteiger partial charge in [0, 0.05) is 30.1 Å². The third-order valence-corrected chi connectivity index (χ3v) is 6.35. The first-order valence-electron chi connectivity index (χ1n) is 10.2. The van der Waals surface area contributed by atoms with Crippen molar-refractivity contribution in [1.29, 1.82) is 0 Å². The Morgan fingerprint density at radius 1 is 1.25 bits per heavy atom. The summed E-state index contributed by atoms with van der Waals surface area (Å²) in [6, 6.07) is 6.54. The minimum absolute atomic E-state index is 0.0612. The zero-order valence-electron chi connectivity index (χ0n) is 17.2. The van der Waals surface area contributed by atoms with Crippen LogP contribution in [-0.4, -0.2) is 62.1 Å². The highest BCUT2D eigenvalue weighted by Crippen LogP contribution is 2.43. The molecule has 0 unspecified atom stereocenters. The first kappa shape index (κ1) is 22.2. The number of hydrogen-bond acceptors (Lipinski definition) is 9. The van der Waals surface area contributed by atoms with E-state index in [4.69, 9.17) is 5.11 Å². The molecule has 0 aliphatic heterocycles. The predicted molar refractivity (Wildman–Crippen MR) is 117 cm³/mol. The van der Waals surface area contributed by atoms with Crippen LogP contribution in [0.25, 0.3) is 11.4 Å². The summed E-state index contributed by atoms with van der Waals surface area (Å²) in [6.07, 6.45) is 3.35. The lowest BCUT2D eigenvalue weighted by Gasteiger charge is -2.41. The summed E-state index contributed by atoms with van der Waals surface area (Å²) in [5, 5.41) is 34.2. The molecule has 1 fully saturated rings. The smallest absolute Gasteiger partial charge is 0.280 e. The molecule has 4 rings (SSSR count). The van der Waals surface area contributed by atoms with Crippen LogP contribution < -0.4 is 10.6 Å². The third kappa shape index (κ3) is 4.74. The maximum absolute atomic E-state index is 14.3. The lowest BCUT2D eigenvalue weighted by molar-refractivity contribution is 0.0802. The van der Waals surface area contributed by atoms with Crippen LogP contribution in [0.15, 0.2) is 35.8 Å². The van der Waals surface area contributed by atoms with E-state index in [0.717, 1.165) is 30.6 Å². The second-order valence-corrected chi connectivity index (χ2v) is 8.57. The van der Waals surface area contributed by atoms with E-state index in [0.29, 0.717) is 29.4 Å². The molecule has 168 valence electrons. The highest BCUT2D eigenvalue weighted by atomic mass is 32.1. The van der Waals surface area contributed by atoms with Crippen molar-refractivity contribution in [1.82, 2.24) is 25.5 Å². The van der Waals surface area contributed by atoms with E-state index in [9.17, 15) is 14.3 Å². The highest BCUT2D eigenvalue weighted by molar-refractivity contribution is 7.12. The van der Waals surface area contributed by atoms with Gasteiger partial charge in [-0.2, -0.15) is 0 Å². The Labute approximate surface area is 187 Å². The highest BCUT2D eigenvalue weighted by Gasteiger charge is 2.41. The topological polar surface area (TPSA) is 133 Å². The number of halogens is 1. The minimum Gasteiger partial charge on any atom is -0.394 e. The van der Waals surface area contributed by atoms with Gasteiger partial charge < -0.3 is 20.8 Å². The van der Waals surface area contributed by atoms with Gasteiger partial charge in [-0.3, -0.25) is 9.78 Å². The number of carbonyl (C=O) groups excluding carboxylic acids is 1. The number of nitrogens with zero attached hydrogens (tertiary/aromatic N) is 4. The zero-order chi connectivity index (χ0) is 22.6. The van der Waals surface area contributed by atoms with Crippen molar-refractivity contribution in [3.63, 3.8) is 0 Å². The number of aliphatic hydroxyl groups excluding tert-OH is 2. The first-order valence-corrected chi connectivity index (χ1v) is 11.1. The molecule has 0 aromatic carbocycles. The van der Waals surface area contributed by atoms with E-state index in [1.165, 1.54) is 6.07 Å². The summed E-state index contributed by atoms with van der Waals surface area (Å²) >= 11 is 1.15. The van der Waals surface area contributed by atoms with Crippen molar-refractivity contribution in [2.75, 3.05) is 25.0 Å². The fraction of sp³-hybridized carbons (Fsp3) is 0.381. The SMILES string of the molecule is O=C(NC[C@H](O)CO)c1nc(-c2ccc(NCC3(c4ncccc4F)CCC3)nn2)cs1. The van der Waals surface area contributed by atoms with Crippen LogP contribution in [0.4, 0.5) is 10.2 Å². The van der Waals surface area contributed by atoms with Gasteiger partial charge in [0.15, 0.2) is 5.01 Å². The average Bonchev–Trinajstić information content (AvgIpc) is 3.28. The van der Waals surface area contributed by atoms with Crippen molar-refractivity contribution in [2.45, 2.75) is 30.8 Å². The lowest BCUT2D eigenvalue weighted by atomic mass is 9.66. The van der Waals surface area contributed by atoms with Gasteiger partial charge in [-0.25, -0.2) is 9.37 Å². The van der Waals surface area contributed by atoms with Crippen LogP contribution >= 0.6 is 11.3 Å². The summed E-state index contributed by atoms with van der Waals surface area (Å²) in [5.41, 5.74) is 1.17. The van der Waals surface area contributed by atoms with Crippen LogP contribution in [0.1, 0.15) is 34.8 Å². The molecule has 1 amide bonds. The Morgan fingerprint density at radius 3 is 2.75 bits per heavy atom. The Hall–Kier alpha value is -3.02. The van der Waals surface area contributed by atoms with Crippen LogP contribution in [0, 0.1) is 5.82 Å². The van der Waals surface area contributed by atoms with Gasteiger partial charge in [-0.1, -0.05) is 6.42 Å². The van der Waals surface area contributed by atoms with Crippen molar-refractivity contribution >= 4 is 23.1 Å². The number of aromatic nitrogens is 4. The molecular formula is C21H23FN6O3S. The van der Waals surface area contributed by atoms with Gasteiger partial charge >= 0.3 is 0 Å².